The molecule has 0 atom stereocenters. The molecule has 0 saturated carbocycles. The summed E-state index contributed by atoms with van der Waals surface area (Å²) in [6, 6.07) is 17.2. The second kappa shape index (κ2) is 9.59. The van der Waals surface area contributed by atoms with E-state index >= 15 is 0 Å². The van der Waals surface area contributed by atoms with Crippen molar-refractivity contribution in [2.24, 2.45) is 0 Å². The van der Waals surface area contributed by atoms with Gasteiger partial charge >= 0.3 is 6.09 Å². The number of hydrogen-bond donors (Lipinski definition) is 1. The quantitative estimate of drug-likeness (QED) is 0.820. The van der Waals surface area contributed by atoms with Crippen LogP contribution in [0.2, 0.25) is 0 Å². The highest BCUT2D eigenvalue weighted by Crippen LogP contribution is 2.09. The first-order valence-corrected chi connectivity index (χ1v) is 7.20. The molecule has 0 aliphatic rings. The molecule has 0 aliphatic heterocycles. The summed E-state index contributed by atoms with van der Waals surface area (Å²) in [4.78, 5) is 11.5. The van der Waals surface area contributed by atoms with E-state index < -0.39 is 6.09 Å². The van der Waals surface area contributed by atoms with Gasteiger partial charge in [-0.3, -0.25) is 5.32 Å². The van der Waals surface area contributed by atoms with E-state index in [2.05, 4.69) is 19.2 Å². The molecule has 2 aromatic carbocycles. The smallest absolute Gasteiger partial charge is 0.411 e. The molecule has 0 radical (unpaired) electrons. The van der Waals surface area contributed by atoms with Crippen LogP contribution in [0.25, 0.3) is 0 Å². The number of rotatable bonds is 3. The number of carbonyl (C=O) groups is 1. The zero-order valence-electron chi connectivity index (χ0n) is 12.9. The minimum absolute atomic E-state index is 0. The van der Waals surface area contributed by atoms with Crippen molar-refractivity contribution in [2.75, 3.05) is 5.32 Å². The number of amides is 1. The van der Waals surface area contributed by atoms with E-state index in [1.54, 1.807) is 0 Å². The fourth-order valence-corrected chi connectivity index (χ4v) is 1.51. The van der Waals surface area contributed by atoms with Crippen LogP contribution in [0.15, 0.2) is 54.6 Å². The molecule has 0 spiro atoms. The number of benzene rings is 2. The Bertz CT molecular complexity index is 527. The lowest BCUT2D eigenvalue weighted by Crippen LogP contribution is -2.13. The Morgan fingerprint density at radius 3 is 2.19 bits per heavy atom. The van der Waals surface area contributed by atoms with Crippen LogP contribution in [0, 0.1) is 6.92 Å². The Hall–Kier alpha value is -2.29. The summed E-state index contributed by atoms with van der Waals surface area (Å²) < 4.78 is 5.11. The maximum Gasteiger partial charge on any atom is 0.411 e. The molecule has 114 valence electrons. The van der Waals surface area contributed by atoms with Gasteiger partial charge in [0, 0.05) is 7.11 Å². The van der Waals surface area contributed by atoms with E-state index in [1.807, 2.05) is 61.5 Å². The van der Waals surface area contributed by atoms with Crippen LogP contribution in [0.4, 0.5) is 10.5 Å². The van der Waals surface area contributed by atoms with Gasteiger partial charge < -0.3 is 4.74 Å². The van der Waals surface area contributed by atoms with Gasteiger partial charge in [0.2, 0.25) is 0 Å². The van der Waals surface area contributed by atoms with E-state index in [1.165, 1.54) is 6.42 Å². The van der Waals surface area contributed by atoms with Crippen LogP contribution in [-0.4, -0.2) is 6.09 Å². The molecule has 0 aliphatic carbocycles. The molecule has 1 N–H and O–H groups in total. The van der Waals surface area contributed by atoms with Crippen molar-refractivity contribution in [2.45, 2.75) is 33.8 Å². The van der Waals surface area contributed by atoms with Crippen LogP contribution in [0.5, 0.6) is 0 Å². The normalized spacial score (nSPS) is 9.29. The van der Waals surface area contributed by atoms with Crippen molar-refractivity contribution in [1.29, 1.82) is 0 Å². The van der Waals surface area contributed by atoms with Gasteiger partial charge in [-0.05, 0) is 24.6 Å². The molecule has 3 nitrogen and oxygen atoms in total. The van der Waals surface area contributed by atoms with Crippen LogP contribution in [0.3, 0.4) is 0 Å². The standard InChI is InChI=1S/C15H15NO2.C3H8.H2/c1-12-7-9-14(10-8-12)16-15(17)18-11-13-5-3-2-4-6-13;1-3-2;/h2-10H,11H2,1H3,(H,16,17);3H2,1-2H3;1H. The lowest BCUT2D eigenvalue weighted by Gasteiger charge is -2.07. The highest BCUT2D eigenvalue weighted by molar-refractivity contribution is 5.84. The van der Waals surface area contributed by atoms with Gasteiger partial charge in [-0.25, -0.2) is 4.79 Å². The first kappa shape index (κ1) is 16.8. The minimum atomic E-state index is -0.442. The van der Waals surface area contributed by atoms with E-state index in [9.17, 15) is 4.79 Å². The van der Waals surface area contributed by atoms with Gasteiger partial charge in [-0.2, -0.15) is 0 Å². The highest BCUT2D eigenvalue weighted by Gasteiger charge is 2.03. The van der Waals surface area contributed by atoms with E-state index in [0.717, 1.165) is 16.8 Å². The molecule has 0 bridgehead atoms. The summed E-state index contributed by atoms with van der Waals surface area (Å²) in [6.45, 7) is 6.52. The van der Waals surface area contributed by atoms with E-state index in [-0.39, 0.29) is 8.03 Å². The summed E-state index contributed by atoms with van der Waals surface area (Å²) in [5, 5.41) is 2.68. The van der Waals surface area contributed by atoms with Crippen LogP contribution in [-0.2, 0) is 11.3 Å². The minimum Gasteiger partial charge on any atom is -0.444 e. The van der Waals surface area contributed by atoms with Gasteiger partial charge in [0.25, 0.3) is 0 Å². The molecular weight excluding hydrogens is 262 g/mol. The summed E-state index contributed by atoms with van der Waals surface area (Å²) in [5.74, 6) is 0. The fourth-order valence-electron chi connectivity index (χ4n) is 1.51. The lowest BCUT2D eigenvalue weighted by atomic mass is 10.2. The van der Waals surface area contributed by atoms with Crippen LogP contribution in [0.1, 0.15) is 32.8 Å². The van der Waals surface area contributed by atoms with Gasteiger partial charge in [0.1, 0.15) is 6.61 Å². The Labute approximate surface area is 128 Å². The zero-order valence-corrected chi connectivity index (χ0v) is 12.9. The molecule has 2 aromatic rings. The van der Waals surface area contributed by atoms with Gasteiger partial charge in [0.15, 0.2) is 0 Å². The number of nitrogens with one attached hydrogen (secondary N) is 1. The third-order valence-corrected chi connectivity index (χ3v) is 2.51. The lowest BCUT2D eigenvalue weighted by molar-refractivity contribution is 0.155. The molecule has 1 amide bonds. The van der Waals surface area contributed by atoms with Crippen molar-refractivity contribution in [3.8, 4) is 0 Å². The second-order valence-electron chi connectivity index (χ2n) is 4.76. The third-order valence-electron chi connectivity index (χ3n) is 2.51. The molecular formula is C18H25NO2. The number of ether oxygens (including phenoxy) is 1. The number of carbonyl (C=O) groups excluding carboxylic acids is 1. The van der Waals surface area contributed by atoms with Crippen molar-refractivity contribution in [3.63, 3.8) is 0 Å². The first-order valence-electron chi connectivity index (χ1n) is 7.20. The number of aryl methyl sites for hydroxylation is 1. The van der Waals surface area contributed by atoms with Crippen LogP contribution >= 0.6 is 0 Å². The summed E-state index contributed by atoms with van der Waals surface area (Å²) in [6.07, 6.45) is 0.808. The highest BCUT2D eigenvalue weighted by atomic mass is 16.5. The van der Waals surface area contributed by atoms with Crippen molar-refractivity contribution in [1.82, 2.24) is 0 Å². The molecule has 21 heavy (non-hydrogen) atoms. The topological polar surface area (TPSA) is 38.3 Å². The maximum atomic E-state index is 11.5. The van der Waals surface area contributed by atoms with E-state index in [4.69, 9.17) is 4.74 Å². The Morgan fingerprint density at radius 2 is 1.62 bits per heavy atom. The monoisotopic (exact) mass is 287 g/mol. The van der Waals surface area contributed by atoms with E-state index in [0.29, 0.717) is 0 Å². The zero-order chi connectivity index (χ0) is 15.5. The van der Waals surface area contributed by atoms with Crippen molar-refractivity contribution >= 4 is 11.8 Å². The Morgan fingerprint density at radius 1 is 1.05 bits per heavy atom. The predicted octanol–water partition coefficient (Wildman–Crippen LogP) is 5.41. The average Bonchev–Trinajstić information content (AvgIpc) is 2.49. The molecule has 0 heterocycles. The van der Waals surface area contributed by atoms with Crippen molar-refractivity contribution < 1.29 is 11.0 Å². The summed E-state index contributed by atoms with van der Waals surface area (Å²) in [7, 11) is 0. The van der Waals surface area contributed by atoms with Gasteiger partial charge in [-0.15, -0.1) is 0 Å². The Balaban J connectivity index is 0.00000102. The molecule has 0 fully saturated rings. The van der Waals surface area contributed by atoms with Crippen LogP contribution < -0.4 is 5.32 Å². The molecule has 0 unspecified atom stereocenters. The SMILES string of the molecule is CCC.Cc1ccc(NC(=O)OCc2ccccc2)cc1.[HH]. The Kier molecular flexibility index (Phi) is 7.65. The van der Waals surface area contributed by atoms with Crippen molar-refractivity contribution in [3.05, 3.63) is 65.7 Å². The van der Waals surface area contributed by atoms with Gasteiger partial charge in [0.05, 0.1) is 0 Å². The van der Waals surface area contributed by atoms with Gasteiger partial charge in [-0.1, -0.05) is 68.3 Å². The molecule has 0 aromatic heterocycles. The molecule has 2 rings (SSSR count). The maximum absolute atomic E-state index is 11.5. The summed E-state index contributed by atoms with van der Waals surface area (Å²) >= 11 is 0. The third kappa shape index (κ3) is 7.16. The number of anilines is 1. The largest absolute Gasteiger partial charge is 0.444 e. The summed E-state index contributed by atoms with van der Waals surface area (Å²) in [5.41, 5.74) is 2.86. The molecule has 3 heteroatoms. The average molecular weight is 287 g/mol. The first-order chi connectivity index (χ1) is 10.2. The molecule has 0 saturated heterocycles. The second-order valence-corrected chi connectivity index (χ2v) is 4.76. The number of hydrogen-bond acceptors (Lipinski definition) is 2. The fraction of sp³-hybridized carbons (Fsp3) is 0.278. The predicted molar refractivity (Wildman–Crippen MR) is 89.5 cm³/mol.